The van der Waals surface area contributed by atoms with Gasteiger partial charge in [-0.2, -0.15) is 0 Å². The lowest BCUT2D eigenvalue weighted by Crippen LogP contribution is -2.00. The van der Waals surface area contributed by atoms with E-state index < -0.39 is 6.10 Å². The van der Waals surface area contributed by atoms with Crippen LogP contribution < -0.4 is 0 Å². The average Bonchev–Trinajstić information content (AvgIpc) is 2.30. The minimum Gasteiger partial charge on any atom is -0.384 e. The number of hydrogen-bond acceptors (Lipinski definition) is 1. The summed E-state index contributed by atoms with van der Waals surface area (Å²) >= 11 is 9.39. The summed E-state index contributed by atoms with van der Waals surface area (Å²) in [6.07, 6.45) is -0.644. The zero-order valence-corrected chi connectivity index (χ0v) is 12.6. The molecule has 2 rings (SSSR count). The van der Waals surface area contributed by atoms with Gasteiger partial charge in [0.15, 0.2) is 0 Å². The topological polar surface area (TPSA) is 20.2 Å². The molecule has 0 bridgehead atoms. The van der Waals surface area contributed by atoms with Crippen LogP contribution in [-0.4, -0.2) is 5.11 Å². The van der Waals surface area contributed by atoms with Crippen LogP contribution in [0.3, 0.4) is 0 Å². The molecule has 1 nitrogen and oxygen atoms in total. The van der Waals surface area contributed by atoms with E-state index in [0.717, 1.165) is 26.7 Å². The number of aliphatic hydroxyl groups is 1. The summed E-state index contributed by atoms with van der Waals surface area (Å²) in [6.45, 7) is 4.05. The first-order valence-corrected chi connectivity index (χ1v) is 6.85. The second-order valence-corrected chi connectivity index (χ2v) is 5.76. The molecule has 0 aliphatic rings. The molecule has 0 saturated heterocycles. The van der Waals surface area contributed by atoms with Gasteiger partial charge in [-0.15, -0.1) is 0 Å². The molecule has 3 heteroatoms. The van der Waals surface area contributed by atoms with E-state index in [4.69, 9.17) is 11.6 Å². The second-order valence-electron chi connectivity index (χ2n) is 4.50. The molecule has 1 N–H and O–H groups in total. The van der Waals surface area contributed by atoms with Crippen LogP contribution in [0.15, 0.2) is 40.9 Å². The van der Waals surface area contributed by atoms with Gasteiger partial charge >= 0.3 is 0 Å². The Morgan fingerprint density at radius 2 is 1.61 bits per heavy atom. The van der Waals surface area contributed by atoms with Crippen molar-refractivity contribution >= 4 is 27.5 Å². The van der Waals surface area contributed by atoms with Gasteiger partial charge in [0.25, 0.3) is 0 Å². The lowest BCUT2D eigenvalue weighted by atomic mass is 9.98. The molecular formula is C15H14BrClO. The summed E-state index contributed by atoms with van der Waals surface area (Å²) in [7, 11) is 0. The number of benzene rings is 2. The summed E-state index contributed by atoms with van der Waals surface area (Å²) in [5.74, 6) is 0. The molecule has 1 unspecified atom stereocenters. The van der Waals surface area contributed by atoms with Crippen molar-refractivity contribution in [1.29, 1.82) is 0 Å². The average molecular weight is 326 g/mol. The SMILES string of the molecule is Cc1cc(C)cc(C(O)c2ccc(Br)c(Cl)c2)c1. The Bertz CT molecular complexity index is 560. The minimum atomic E-state index is -0.644. The van der Waals surface area contributed by atoms with Crippen molar-refractivity contribution in [1.82, 2.24) is 0 Å². The van der Waals surface area contributed by atoms with Crippen molar-refractivity contribution in [2.75, 3.05) is 0 Å². The molecule has 94 valence electrons. The Kier molecular flexibility index (Phi) is 4.10. The molecular weight excluding hydrogens is 312 g/mol. The Balaban J connectivity index is 2.40. The lowest BCUT2D eigenvalue weighted by Gasteiger charge is -2.14. The zero-order chi connectivity index (χ0) is 13.3. The number of halogens is 2. The molecule has 0 heterocycles. The molecule has 2 aromatic rings. The minimum absolute atomic E-state index is 0.607. The lowest BCUT2D eigenvalue weighted by molar-refractivity contribution is 0.220. The molecule has 0 fully saturated rings. The van der Waals surface area contributed by atoms with Crippen LogP contribution in [0.5, 0.6) is 0 Å². The van der Waals surface area contributed by atoms with Gasteiger partial charge in [-0.3, -0.25) is 0 Å². The largest absolute Gasteiger partial charge is 0.384 e. The quantitative estimate of drug-likeness (QED) is 0.841. The molecule has 2 aromatic carbocycles. The molecule has 0 spiro atoms. The predicted octanol–water partition coefficient (Wildman–Crippen LogP) is 4.80. The molecule has 0 radical (unpaired) electrons. The maximum atomic E-state index is 10.4. The highest BCUT2D eigenvalue weighted by Gasteiger charge is 2.12. The highest BCUT2D eigenvalue weighted by molar-refractivity contribution is 9.10. The van der Waals surface area contributed by atoms with Crippen LogP contribution in [0.1, 0.15) is 28.4 Å². The van der Waals surface area contributed by atoms with Crippen LogP contribution in [0.2, 0.25) is 5.02 Å². The van der Waals surface area contributed by atoms with Crippen LogP contribution in [-0.2, 0) is 0 Å². The molecule has 0 aliphatic carbocycles. The van der Waals surface area contributed by atoms with Crippen molar-refractivity contribution in [3.63, 3.8) is 0 Å². The normalized spacial score (nSPS) is 12.5. The Hall–Kier alpha value is -0.830. The van der Waals surface area contributed by atoms with Gasteiger partial charge in [0.1, 0.15) is 6.10 Å². The maximum absolute atomic E-state index is 10.4. The number of aryl methyl sites for hydroxylation is 2. The van der Waals surface area contributed by atoms with E-state index in [1.807, 2.05) is 38.1 Å². The van der Waals surface area contributed by atoms with E-state index in [9.17, 15) is 5.11 Å². The van der Waals surface area contributed by atoms with Crippen molar-refractivity contribution in [2.24, 2.45) is 0 Å². The fraction of sp³-hybridized carbons (Fsp3) is 0.200. The fourth-order valence-electron chi connectivity index (χ4n) is 2.04. The highest BCUT2D eigenvalue weighted by Crippen LogP contribution is 2.29. The third-order valence-corrected chi connectivity index (χ3v) is 4.05. The summed E-state index contributed by atoms with van der Waals surface area (Å²) in [5.41, 5.74) is 3.98. The van der Waals surface area contributed by atoms with Crippen molar-refractivity contribution in [2.45, 2.75) is 20.0 Å². The fourth-order valence-corrected chi connectivity index (χ4v) is 2.48. The van der Waals surface area contributed by atoms with Crippen LogP contribution in [0.25, 0.3) is 0 Å². The van der Waals surface area contributed by atoms with Gasteiger partial charge in [-0.25, -0.2) is 0 Å². The first-order valence-electron chi connectivity index (χ1n) is 5.68. The summed E-state index contributed by atoms with van der Waals surface area (Å²) < 4.78 is 0.834. The summed E-state index contributed by atoms with van der Waals surface area (Å²) in [5, 5.41) is 11.0. The first kappa shape index (κ1) is 13.6. The predicted molar refractivity (Wildman–Crippen MR) is 79.1 cm³/mol. The van der Waals surface area contributed by atoms with Gasteiger partial charge in [0.2, 0.25) is 0 Å². The third-order valence-electron chi connectivity index (χ3n) is 2.82. The molecule has 0 aliphatic heterocycles. The number of hydrogen-bond donors (Lipinski definition) is 1. The van der Waals surface area contributed by atoms with Crippen molar-refractivity contribution < 1.29 is 5.11 Å². The standard InChI is InChI=1S/C15H14BrClO/c1-9-5-10(2)7-12(6-9)15(18)11-3-4-13(16)14(17)8-11/h3-8,15,18H,1-2H3. The van der Waals surface area contributed by atoms with Gasteiger partial charge in [0, 0.05) is 4.47 Å². The smallest absolute Gasteiger partial charge is 0.104 e. The van der Waals surface area contributed by atoms with E-state index >= 15 is 0 Å². The molecule has 0 saturated carbocycles. The van der Waals surface area contributed by atoms with Crippen LogP contribution in [0, 0.1) is 13.8 Å². The number of aliphatic hydroxyl groups excluding tert-OH is 1. The van der Waals surface area contributed by atoms with E-state index in [-0.39, 0.29) is 0 Å². The second kappa shape index (κ2) is 5.43. The molecule has 18 heavy (non-hydrogen) atoms. The van der Waals surface area contributed by atoms with E-state index in [1.54, 1.807) is 6.07 Å². The van der Waals surface area contributed by atoms with Gasteiger partial charge in [-0.05, 0) is 53.0 Å². The maximum Gasteiger partial charge on any atom is 0.104 e. The van der Waals surface area contributed by atoms with Gasteiger partial charge in [0.05, 0.1) is 5.02 Å². The van der Waals surface area contributed by atoms with Gasteiger partial charge < -0.3 is 5.11 Å². The van der Waals surface area contributed by atoms with E-state index in [0.29, 0.717) is 5.02 Å². The Labute approximate surface area is 121 Å². The van der Waals surface area contributed by atoms with E-state index in [1.165, 1.54) is 0 Å². The third kappa shape index (κ3) is 2.94. The molecule has 1 atom stereocenters. The summed E-state index contributed by atoms with van der Waals surface area (Å²) in [6, 6.07) is 11.6. The molecule has 0 aromatic heterocycles. The monoisotopic (exact) mass is 324 g/mol. The van der Waals surface area contributed by atoms with Gasteiger partial charge in [-0.1, -0.05) is 47.0 Å². The van der Waals surface area contributed by atoms with Crippen LogP contribution in [0.4, 0.5) is 0 Å². The summed E-state index contributed by atoms with van der Waals surface area (Å²) in [4.78, 5) is 0. The highest BCUT2D eigenvalue weighted by atomic mass is 79.9. The Morgan fingerprint density at radius 3 is 2.17 bits per heavy atom. The van der Waals surface area contributed by atoms with Crippen molar-refractivity contribution in [3.05, 3.63) is 68.1 Å². The zero-order valence-electron chi connectivity index (χ0n) is 10.2. The van der Waals surface area contributed by atoms with E-state index in [2.05, 4.69) is 22.0 Å². The van der Waals surface area contributed by atoms with Crippen molar-refractivity contribution in [3.8, 4) is 0 Å². The van der Waals surface area contributed by atoms with Crippen LogP contribution >= 0.6 is 27.5 Å². The molecule has 0 amide bonds. The Morgan fingerprint density at radius 1 is 1.00 bits per heavy atom. The first-order chi connectivity index (χ1) is 8.47. The number of rotatable bonds is 2.